The molecular weight excluding hydrogens is 402 g/mol. The Balaban J connectivity index is 1.73. The van der Waals surface area contributed by atoms with Crippen molar-refractivity contribution in [3.8, 4) is 0 Å². The molecule has 2 bridgehead atoms. The van der Waals surface area contributed by atoms with Crippen molar-refractivity contribution in [2.24, 2.45) is 17.8 Å². The van der Waals surface area contributed by atoms with Gasteiger partial charge in [-0.2, -0.15) is 4.31 Å². The molecule has 23 heavy (non-hydrogen) atoms. The van der Waals surface area contributed by atoms with Crippen molar-refractivity contribution in [1.29, 1.82) is 0 Å². The number of nitrogens with zero attached hydrogens (tertiary/aromatic N) is 1. The summed E-state index contributed by atoms with van der Waals surface area (Å²) in [6.45, 7) is 0.573. The number of hydrogen-bond acceptors (Lipinski definition) is 4. The van der Waals surface area contributed by atoms with Gasteiger partial charge in [0, 0.05) is 23.3 Å². The van der Waals surface area contributed by atoms with Crippen LogP contribution in [-0.2, 0) is 19.9 Å². The molecule has 5 nitrogen and oxygen atoms in total. The van der Waals surface area contributed by atoms with Crippen molar-refractivity contribution < 1.29 is 16.8 Å². The van der Waals surface area contributed by atoms with E-state index in [1.165, 1.54) is 24.6 Å². The summed E-state index contributed by atoms with van der Waals surface area (Å²) < 4.78 is 51.6. The topological polar surface area (TPSA) is 71.5 Å². The molecule has 126 valence electrons. The molecule has 0 aromatic heterocycles. The molecule has 1 aromatic rings. The van der Waals surface area contributed by atoms with Crippen LogP contribution in [0, 0.1) is 17.8 Å². The first-order valence-corrected chi connectivity index (χ1v) is 11.8. The first-order valence-electron chi connectivity index (χ1n) is 7.71. The third-order valence-electron chi connectivity index (χ3n) is 5.68. The van der Waals surface area contributed by atoms with E-state index in [0.29, 0.717) is 28.8 Å². The van der Waals surface area contributed by atoms with Crippen LogP contribution < -0.4 is 0 Å². The summed E-state index contributed by atoms with van der Waals surface area (Å²) in [5, 5.41) is 0. The van der Waals surface area contributed by atoms with E-state index in [2.05, 4.69) is 15.9 Å². The monoisotopic (exact) mass is 419 g/mol. The Morgan fingerprint density at radius 2 is 1.83 bits per heavy atom. The van der Waals surface area contributed by atoms with Gasteiger partial charge in [-0.1, -0.05) is 0 Å². The predicted molar refractivity (Wildman–Crippen MR) is 89.3 cm³/mol. The van der Waals surface area contributed by atoms with Crippen LogP contribution in [-0.4, -0.2) is 40.0 Å². The van der Waals surface area contributed by atoms with Gasteiger partial charge in [-0.3, -0.25) is 0 Å². The van der Waals surface area contributed by atoms with E-state index >= 15 is 0 Å². The summed E-state index contributed by atoms with van der Waals surface area (Å²) in [6.07, 6.45) is 4.57. The number of sulfone groups is 1. The Hall–Kier alpha value is -0.440. The van der Waals surface area contributed by atoms with Gasteiger partial charge in [0.15, 0.2) is 9.84 Å². The molecule has 3 aliphatic rings. The fourth-order valence-corrected chi connectivity index (χ4v) is 8.02. The highest BCUT2D eigenvalue weighted by Crippen LogP contribution is 2.57. The smallest absolute Gasteiger partial charge is 0.224 e. The molecule has 1 aromatic carbocycles. The number of fused-ring (bicyclic) bond motifs is 5. The molecule has 1 heterocycles. The highest BCUT2D eigenvalue weighted by atomic mass is 79.9. The van der Waals surface area contributed by atoms with Crippen LogP contribution in [0.2, 0.25) is 0 Å². The predicted octanol–water partition coefficient (Wildman–Crippen LogP) is 2.27. The average Bonchev–Trinajstić information content (AvgIpc) is 2.93. The molecular formula is C15H18BrNO4S2. The molecule has 3 fully saturated rings. The van der Waals surface area contributed by atoms with E-state index in [4.69, 9.17) is 0 Å². The number of benzene rings is 1. The lowest BCUT2D eigenvalue weighted by Crippen LogP contribution is -2.60. The van der Waals surface area contributed by atoms with E-state index in [1.54, 1.807) is 4.31 Å². The van der Waals surface area contributed by atoms with Gasteiger partial charge in [-0.25, -0.2) is 16.8 Å². The maximum atomic E-state index is 13.0. The lowest BCUT2D eigenvalue weighted by molar-refractivity contribution is 0.0506. The summed E-state index contributed by atoms with van der Waals surface area (Å²) in [7, 11) is -7.12. The zero-order valence-corrected chi connectivity index (χ0v) is 15.9. The Morgan fingerprint density at radius 3 is 2.48 bits per heavy atom. The molecule has 0 unspecified atom stereocenters. The van der Waals surface area contributed by atoms with Crippen LogP contribution >= 0.6 is 15.9 Å². The molecule has 8 heteroatoms. The summed E-state index contributed by atoms with van der Waals surface area (Å²) in [5.74, 6) is 1.66. The number of halogens is 1. The van der Waals surface area contributed by atoms with Crippen molar-refractivity contribution in [3.05, 3.63) is 22.7 Å². The second kappa shape index (κ2) is 5.03. The van der Waals surface area contributed by atoms with Gasteiger partial charge in [-0.05, 0) is 71.1 Å². The van der Waals surface area contributed by atoms with Crippen LogP contribution in [0.25, 0.3) is 0 Å². The molecule has 2 saturated carbocycles. The third-order valence-corrected chi connectivity index (χ3v) is 9.65. The Kier molecular flexibility index (Phi) is 3.51. The molecule has 0 spiro atoms. The van der Waals surface area contributed by atoms with Crippen molar-refractivity contribution in [3.63, 3.8) is 0 Å². The van der Waals surface area contributed by atoms with Crippen LogP contribution in [0.5, 0.6) is 0 Å². The zero-order valence-electron chi connectivity index (χ0n) is 12.6. The number of rotatable bonds is 3. The van der Waals surface area contributed by atoms with E-state index in [0.717, 1.165) is 19.1 Å². The van der Waals surface area contributed by atoms with Gasteiger partial charge in [-0.15, -0.1) is 0 Å². The molecule has 2 aliphatic carbocycles. The Morgan fingerprint density at radius 1 is 1.13 bits per heavy atom. The second-order valence-corrected chi connectivity index (χ2v) is 11.7. The minimum Gasteiger partial charge on any atom is -0.224 e. The normalized spacial score (nSPS) is 33.5. The van der Waals surface area contributed by atoms with Crippen molar-refractivity contribution >= 4 is 35.8 Å². The van der Waals surface area contributed by atoms with Crippen molar-refractivity contribution in [2.75, 3.05) is 12.8 Å². The molecule has 0 N–H and O–H groups in total. The van der Waals surface area contributed by atoms with Crippen LogP contribution in [0.3, 0.4) is 0 Å². The van der Waals surface area contributed by atoms with E-state index < -0.39 is 19.9 Å². The average molecular weight is 420 g/mol. The molecule has 1 saturated heterocycles. The minimum absolute atomic E-state index is 0.0318. The van der Waals surface area contributed by atoms with Gasteiger partial charge in [0.1, 0.15) is 0 Å². The van der Waals surface area contributed by atoms with Crippen LogP contribution in [0.15, 0.2) is 32.5 Å². The summed E-state index contributed by atoms with van der Waals surface area (Å²) in [6, 6.07) is 4.32. The zero-order chi connectivity index (χ0) is 16.6. The van der Waals surface area contributed by atoms with Gasteiger partial charge >= 0.3 is 0 Å². The molecule has 4 rings (SSSR count). The summed E-state index contributed by atoms with van der Waals surface area (Å²) in [5.41, 5.74) is 0. The lowest BCUT2D eigenvalue weighted by Gasteiger charge is -2.49. The highest BCUT2D eigenvalue weighted by Gasteiger charge is 2.59. The largest absolute Gasteiger partial charge is 0.244 e. The van der Waals surface area contributed by atoms with Gasteiger partial charge in [0.25, 0.3) is 0 Å². The first kappa shape index (κ1) is 16.1. The number of sulfonamides is 1. The summed E-state index contributed by atoms with van der Waals surface area (Å²) >= 11 is 3.27. The fraction of sp³-hybridized carbons (Fsp3) is 0.600. The van der Waals surface area contributed by atoms with Crippen LogP contribution in [0.4, 0.5) is 0 Å². The molecule has 1 aliphatic heterocycles. The van der Waals surface area contributed by atoms with E-state index in [1.807, 2.05) is 0 Å². The second-order valence-electron chi connectivity index (χ2n) is 6.93. The molecule has 0 radical (unpaired) electrons. The van der Waals surface area contributed by atoms with Gasteiger partial charge in [0.05, 0.1) is 9.79 Å². The quantitative estimate of drug-likeness (QED) is 0.752. The SMILES string of the molecule is CS(=O)(=O)c1ccc(Br)c(S(=O)(=O)N2C[C@H]3[C@H]4CC[C@@H](C4)[C@H]32)c1. The fourth-order valence-electron chi connectivity index (χ4n) is 4.57. The molecule has 0 amide bonds. The number of hydrogen-bond donors (Lipinski definition) is 0. The maximum absolute atomic E-state index is 13.0. The third kappa shape index (κ3) is 2.33. The summed E-state index contributed by atoms with van der Waals surface area (Å²) in [4.78, 5) is 0.0888. The standard InChI is InChI=1S/C15H18BrNO4S2/c1-22(18,19)11-4-5-13(16)14(7-11)23(20,21)17-8-12-9-2-3-10(6-9)15(12)17/h4-5,7,9-10,12,15H,2-3,6,8H2,1H3/t9-,10-,12-,15+/m0/s1. The van der Waals surface area contributed by atoms with Gasteiger partial charge in [0.2, 0.25) is 10.0 Å². The minimum atomic E-state index is -3.67. The van der Waals surface area contributed by atoms with Crippen LogP contribution in [0.1, 0.15) is 19.3 Å². The highest BCUT2D eigenvalue weighted by molar-refractivity contribution is 9.10. The van der Waals surface area contributed by atoms with Crippen molar-refractivity contribution in [1.82, 2.24) is 4.31 Å². The van der Waals surface area contributed by atoms with E-state index in [9.17, 15) is 16.8 Å². The van der Waals surface area contributed by atoms with Crippen molar-refractivity contribution in [2.45, 2.75) is 35.1 Å². The Bertz CT molecular complexity index is 879. The maximum Gasteiger partial charge on any atom is 0.244 e. The molecule has 4 atom stereocenters. The van der Waals surface area contributed by atoms with Gasteiger partial charge < -0.3 is 0 Å². The lowest BCUT2D eigenvalue weighted by atomic mass is 9.79. The first-order chi connectivity index (χ1) is 10.7. The van der Waals surface area contributed by atoms with E-state index in [-0.39, 0.29) is 15.8 Å². The Labute approximate surface area is 145 Å².